The summed E-state index contributed by atoms with van der Waals surface area (Å²) in [7, 11) is 0. The van der Waals surface area contributed by atoms with Crippen molar-refractivity contribution in [3.63, 3.8) is 0 Å². The van der Waals surface area contributed by atoms with Gasteiger partial charge < -0.3 is 0 Å². The van der Waals surface area contributed by atoms with E-state index in [0.717, 1.165) is 9.82 Å². The normalized spacial score (nSPS) is 10.6. The van der Waals surface area contributed by atoms with Crippen molar-refractivity contribution < 1.29 is 4.42 Å². The van der Waals surface area contributed by atoms with Crippen LogP contribution in [0.5, 0.6) is 0 Å². The van der Waals surface area contributed by atoms with Crippen molar-refractivity contribution >= 4 is 41.6 Å². The molecule has 2 aromatic heterocycles. The molecule has 0 aliphatic heterocycles. The molecule has 4 nitrogen and oxygen atoms in total. The first-order chi connectivity index (χ1) is 9.58. The first-order valence-corrected chi connectivity index (χ1v) is 7.71. The van der Waals surface area contributed by atoms with E-state index in [4.69, 9.17) is 27.0 Å². The molecule has 0 unspecified atom stereocenters. The molecule has 0 radical (unpaired) electrons. The zero-order valence-corrected chi connectivity index (χ0v) is 12.5. The fourth-order valence-electron chi connectivity index (χ4n) is 1.89. The van der Waals surface area contributed by atoms with Crippen LogP contribution in [0.2, 0.25) is 5.02 Å². The number of hydrogen-bond acceptors (Lipinski definition) is 4. The Morgan fingerprint density at radius 1 is 1.30 bits per heavy atom. The molecule has 20 heavy (non-hydrogen) atoms. The van der Waals surface area contributed by atoms with Gasteiger partial charge in [0, 0.05) is 0 Å². The number of nitrogens with two attached hydrogens (primary N) is 1. The molecule has 2 N–H and O–H groups in total. The summed E-state index contributed by atoms with van der Waals surface area (Å²) in [6.45, 7) is 0. The van der Waals surface area contributed by atoms with Gasteiger partial charge in [-0.25, -0.2) is 0 Å². The second kappa shape index (κ2) is 4.84. The summed E-state index contributed by atoms with van der Waals surface area (Å²) in [5.74, 6) is 0. The molecular formula is C14H7ClN2O2Se. The Hall–Kier alpha value is -1.99. The molecule has 0 fully saturated rings. The molecule has 98 valence electrons. The van der Waals surface area contributed by atoms with E-state index in [0.29, 0.717) is 26.3 Å². The molecule has 3 aromatic rings. The summed E-state index contributed by atoms with van der Waals surface area (Å²) in [5.41, 5.74) is 6.69. The van der Waals surface area contributed by atoms with Gasteiger partial charge in [0.25, 0.3) is 0 Å². The Morgan fingerprint density at radius 3 is 2.80 bits per heavy atom. The third kappa shape index (κ3) is 2.14. The Balaban J connectivity index is 2.27. The molecule has 0 aliphatic carbocycles. The van der Waals surface area contributed by atoms with Gasteiger partial charge in [-0.3, -0.25) is 0 Å². The summed E-state index contributed by atoms with van der Waals surface area (Å²) in [6, 6.07) is 10.5. The molecule has 0 bridgehead atoms. The van der Waals surface area contributed by atoms with E-state index in [-0.39, 0.29) is 14.5 Å². The molecule has 0 saturated carbocycles. The van der Waals surface area contributed by atoms with Gasteiger partial charge in [0.05, 0.1) is 0 Å². The fraction of sp³-hybridized carbons (Fsp3) is 0. The summed E-state index contributed by atoms with van der Waals surface area (Å²) >= 11 is 5.71. The minimum atomic E-state index is -0.431. The molecular weight excluding hydrogens is 343 g/mol. The Kier molecular flexibility index (Phi) is 3.15. The standard InChI is InChI=1S/C14H7ClN2O2Se/c15-9-1-2-11-7(3-9)4-10(14(18)19-11)12-5-8(6-16)13(17)20-12/h1-5H,17H2. The van der Waals surface area contributed by atoms with Crippen molar-refractivity contribution in [2.75, 3.05) is 5.73 Å². The average Bonchev–Trinajstić information content (AvgIpc) is 2.79. The monoisotopic (exact) mass is 350 g/mol. The summed E-state index contributed by atoms with van der Waals surface area (Å²) < 4.78 is 6.56. The number of hydrogen-bond donors (Lipinski definition) is 1. The van der Waals surface area contributed by atoms with Gasteiger partial charge in [0.2, 0.25) is 0 Å². The van der Waals surface area contributed by atoms with E-state index in [2.05, 4.69) is 0 Å². The first kappa shape index (κ1) is 13.0. The summed E-state index contributed by atoms with van der Waals surface area (Å²) in [5, 5.41) is 10.2. The van der Waals surface area contributed by atoms with Crippen LogP contribution in [-0.2, 0) is 0 Å². The SMILES string of the molecule is N#Cc1cc(-c2cc3cc(Cl)ccc3oc2=O)[se]c1N. The van der Waals surface area contributed by atoms with E-state index >= 15 is 0 Å². The molecule has 0 saturated heterocycles. The van der Waals surface area contributed by atoms with Gasteiger partial charge in [-0.2, -0.15) is 0 Å². The van der Waals surface area contributed by atoms with Crippen LogP contribution in [0.4, 0.5) is 4.56 Å². The van der Waals surface area contributed by atoms with Crippen LogP contribution in [0.1, 0.15) is 5.56 Å². The fourth-order valence-corrected chi connectivity index (χ4v) is 3.92. The second-order valence-corrected chi connectivity index (χ2v) is 6.84. The number of anilines is 1. The number of rotatable bonds is 1. The molecule has 2 heterocycles. The molecule has 1 aromatic carbocycles. The van der Waals surface area contributed by atoms with Gasteiger partial charge >= 0.3 is 124 Å². The third-order valence-electron chi connectivity index (χ3n) is 2.84. The summed E-state index contributed by atoms with van der Waals surface area (Å²) in [4.78, 5) is 12.0. The number of nitriles is 1. The van der Waals surface area contributed by atoms with Gasteiger partial charge in [-0.05, 0) is 0 Å². The van der Waals surface area contributed by atoms with E-state index in [1.807, 2.05) is 6.07 Å². The van der Waals surface area contributed by atoms with Gasteiger partial charge in [-0.1, -0.05) is 0 Å². The number of fused-ring (bicyclic) bond motifs is 1. The van der Waals surface area contributed by atoms with Gasteiger partial charge in [-0.15, -0.1) is 0 Å². The van der Waals surface area contributed by atoms with Crippen molar-refractivity contribution in [1.29, 1.82) is 5.26 Å². The zero-order chi connectivity index (χ0) is 14.3. The minimum absolute atomic E-state index is 0.230. The number of halogens is 1. The molecule has 0 amide bonds. The van der Waals surface area contributed by atoms with Crippen molar-refractivity contribution in [1.82, 2.24) is 0 Å². The summed E-state index contributed by atoms with van der Waals surface area (Å²) in [6.07, 6.45) is 0. The van der Waals surface area contributed by atoms with E-state index in [9.17, 15) is 4.79 Å². The predicted molar refractivity (Wildman–Crippen MR) is 79.0 cm³/mol. The van der Waals surface area contributed by atoms with Crippen LogP contribution in [0, 0.1) is 11.3 Å². The average molecular weight is 350 g/mol. The van der Waals surface area contributed by atoms with Crippen molar-refractivity contribution in [3.05, 3.63) is 51.3 Å². The van der Waals surface area contributed by atoms with Crippen molar-refractivity contribution in [3.8, 4) is 16.1 Å². The van der Waals surface area contributed by atoms with E-state index < -0.39 is 5.63 Å². The molecule has 0 aliphatic rings. The van der Waals surface area contributed by atoms with Crippen LogP contribution in [-0.4, -0.2) is 14.5 Å². The third-order valence-corrected chi connectivity index (χ3v) is 5.17. The van der Waals surface area contributed by atoms with Crippen LogP contribution in [0.15, 0.2) is 39.5 Å². The molecule has 3 rings (SSSR count). The maximum absolute atomic E-state index is 12.0. The van der Waals surface area contributed by atoms with Gasteiger partial charge in [0.1, 0.15) is 0 Å². The van der Waals surface area contributed by atoms with Crippen LogP contribution >= 0.6 is 11.6 Å². The van der Waals surface area contributed by atoms with Crippen LogP contribution < -0.4 is 11.4 Å². The Bertz CT molecular complexity index is 921. The molecule has 0 spiro atoms. The Labute approximate surface area is 124 Å². The number of benzene rings is 1. The van der Waals surface area contributed by atoms with Crippen LogP contribution in [0.25, 0.3) is 21.0 Å². The van der Waals surface area contributed by atoms with Crippen LogP contribution in [0.3, 0.4) is 0 Å². The number of nitrogen functional groups attached to an aromatic ring is 1. The maximum atomic E-state index is 12.0. The zero-order valence-electron chi connectivity index (χ0n) is 10.0. The van der Waals surface area contributed by atoms with E-state index in [1.54, 1.807) is 30.3 Å². The molecule has 6 heteroatoms. The van der Waals surface area contributed by atoms with Crippen molar-refractivity contribution in [2.45, 2.75) is 0 Å². The quantitative estimate of drug-likeness (QED) is 0.541. The first-order valence-electron chi connectivity index (χ1n) is 5.61. The van der Waals surface area contributed by atoms with Gasteiger partial charge in [0.15, 0.2) is 0 Å². The van der Waals surface area contributed by atoms with E-state index in [1.165, 1.54) is 0 Å². The van der Waals surface area contributed by atoms with Crippen molar-refractivity contribution in [2.24, 2.45) is 0 Å². The number of nitrogens with zero attached hydrogens (tertiary/aromatic N) is 1. The molecule has 0 atom stereocenters. The second-order valence-electron chi connectivity index (χ2n) is 4.13. The topological polar surface area (TPSA) is 80.0 Å². The predicted octanol–water partition coefficient (Wildman–Crippen LogP) is 2.62. The Morgan fingerprint density at radius 2 is 2.10 bits per heavy atom.